The molecule has 0 unspecified atom stereocenters. The summed E-state index contributed by atoms with van der Waals surface area (Å²) in [5.41, 5.74) is 2.14. The Bertz CT molecular complexity index is 496. The molecule has 0 saturated heterocycles. The van der Waals surface area contributed by atoms with Gasteiger partial charge in [0.2, 0.25) is 10.0 Å². The van der Waals surface area contributed by atoms with Crippen molar-refractivity contribution in [1.29, 1.82) is 0 Å². The molecule has 1 rings (SSSR count). The third-order valence-electron chi connectivity index (χ3n) is 2.83. The van der Waals surface area contributed by atoms with Crippen molar-refractivity contribution in [2.75, 3.05) is 20.6 Å². The minimum absolute atomic E-state index is 0.351. The summed E-state index contributed by atoms with van der Waals surface area (Å²) in [6.07, 6.45) is 1.09. The van der Waals surface area contributed by atoms with Gasteiger partial charge in [0.25, 0.3) is 0 Å². The van der Waals surface area contributed by atoms with Gasteiger partial charge < -0.3 is 5.32 Å². The molecule has 0 radical (unpaired) electrons. The second kappa shape index (κ2) is 6.31. The molecule has 0 heterocycles. The summed E-state index contributed by atoms with van der Waals surface area (Å²) >= 11 is 0. The van der Waals surface area contributed by atoms with E-state index in [-0.39, 0.29) is 0 Å². The molecular weight excluding hydrogens is 248 g/mol. The van der Waals surface area contributed by atoms with Crippen LogP contribution in [-0.4, -0.2) is 33.4 Å². The molecule has 0 bridgehead atoms. The van der Waals surface area contributed by atoms with Gasteiger partial charge in [-0.1, -0.05) is 13.0 Å². The van der Waals surface area contributed by atoms with E-state index in [0.29, 0.717) is 4.90 Å². The highest BCUT2D eigenvalue weighted by molar-refractivity contribution is 7.89. The van der Waals surface area contributed by atoms with Gasteiger partial charge in [-0.2, -0.15) is 0 Å². The molecular formula is C13H22N2O2S. The number of benzene rings is 1. The average molecular weight is 270 g/mol. The van der Waals surface area contributed by atoms with Crippen molar-refractivity contribution in [1.82, 2.24) is 9.62 Å². The normalized spacial score (nSPS) is 12.1. The van der Waals surface area contributed by atoms with E-state index in [4.69, 9.17) is 0 Å². The van der Waals surface area contributed by atoms with Gasteiger partial charge in [0.05, 0.1) is 4.90 Å². The Morgan fingerprint density at radius 2 is 1.94 bits per heavy atom. The average Bonchev–Trinajstić information content (AvgIpc) is 2.31. The van der Waals surface area contributed by atoms with Crippen molar-refractivity contribution in [3.63, 3.8) is 0 Å². The van der Waals surface area contributed by atoms with Crippen LogP contribution in [0.15, 0.2) is 23.1 Å². The van der Waals surface area contributed by atoms with Gasteiger partial charge in [-0.05, 0) is 43.1 Å². The number of sulfonamides is 1. The van der Waals surface area contributed by atoms with Gasteiger partial charge in [0.1, 0.15) is 0 Å². The molecule has 0 aromatic heterocycles. The van der Waals surface area contributed by atoms with Gasteiger partial charge in [-0.3, -0.25) is 0 Å². The Kier molecular flexibility index (Phi) is 5.31. The molecule has 18 heavy (non-hydrogen) atoms. The largest absolute Gasteiger partial charge is 0.313 e. The van der Waals surface area contributed by atoms with E-state index in [1.165, 1.54) is 4.31 Å². The first-order valence-electron chi connectivity index (χ1n) is 6.12. The van der Waals surface area contributed by atoms with Crippen LogP contribution in [0.25, 0.3) is 0 Å². The quantitative estimate of drug-likeness (QED) is 0.801. The van der Waals surface area contributed by atoms with Crippen molar-refractivity contribution >= 4 is 10.0 Å². The molecule has 0 aliphatic rings. The summed E-state index contributed by atoms with van der Waals surface area (Å²) < 4.78 is 25.2. The number of nitrogens with one attached hydrogen (secondary N) is 1. The Morgan fingerprint density at radius 3 is 2.44 bits per heavy atom. The lowest BCUT2D eigenvalue weighted by Crippen LogP contribution is -2.22. The Hall–Kier alpha value is -0.910. The van der Waals surface area contributed by atoms with Crippen LogP contribution >= 0.6 is 0 Å². The van der Waals surface area contributed by atoms with E-state index >= 15 is 0 Å². The molecule has 4 nitrogen and oxygen atoms in total. The van der Waals surface area contributed by atoms with E-state index in [1.54, 1.807) is 26.2 Å². The number of hydrogen-bond donors (Lipinski definition) is 1. The van der Waals surface area contributed by atoms with E-state index in [0.717, 1.165) is 30.6 Å². The van der Waals surface area contributed by atoms with Crippen LogP contribution < -0.4 is 5.32 Å². The number of hydrogen-bond acceptors (Lipinski definition) is 3. The third kappa shape index (κ3) is 3.54. The number of nitrogens with zero attached hydrogens (tertiary/aromatic N) is 1. The molecule has 0 atom stereocenters. The Morgan fingerprint density at radius 1 is 1.28 bits per heavy atom. The van der Waals surface area contributed by atoms with E-state index < -0.39 is 10.0 Å². The molecule has 0 spiro atoms. The summed E-state index contributed by atoms with van der Waals surface area (Å²) in [7, 11) is -0.242. The van der Waals surface area contributed by atoms with Crippen LogP contribution in [0.1, 0.15) is 24.5 Å². The van der Waals surface area contributed by atoms with Gasteiger partial charge >= 0.3 is 0 Å². The van der Waals surface area contributed by atoms with Crippen LogP contribution in [0.4, 0.5) is 0 Å². The molecule has 0 saturated carbocycles. The fraction of sp³-hybridized carbons (Fsp3) is 0.538. The minimum atomic E-state index is -3.33. The van der Waals surface area contributed by atoms with Gasteiger partial charge in [-0.25, -0.2) is 12.7 Å². The molecule has 0 fully saturated rings. The molecule has 102 valence electrons. The summed E-state index contributed by atoms with van der Waals surface area (Å²) in [6, 6.07) is 5.29. The van der Waals surface area contributed by atoms with Gasteiger partial charge in [-0.15, -0.1) is 0 Å². The fourth-order valence-electron chi connectivity index (χ4n) is 1.64. The maximum absolute atomic E-state index is 12.0. The third-order valence-corrected chi connectivity index (χ3v) is 4.65. The second-order valence-corrected chi connectivity index (χ2v) is 6.70. The molecule has 1 N–H and O–H groups in total. The predicted molar refractivity (Wildman–Crippen MR) is 74.0 cm³/mol. The highest BCUT2D eigenvalue weighted by Gasteiger charge is 2.17. The Balaban J connectivity index is 2.93. The number of rotatable bonds is 6. The lowest BCUT2D eigenvalue weighted by atomic mass is 10.1. The monoisotopic (exact) mass is 270 g/mol. The van der Waals surface area contributed by atoms with Crippen molar-refractivity contribution in [3.05, 3.63) is 29.3 Å². The second-order valence-electron chi connectivity index (χ2n) is 4.55. The molecule has 0 amide bonds. The van der Waals surface area contributed by atoms with Crippen molar-refractivity contribution < 1.29 is 8.42 Å². The van der Waals surface area contributed by atoms with Crippen LogP contribution in [-0.2, 0) is 16.6 Å². The predicted octanol–water partition coefficient (Wildman–Crippen LogP) is 1.74. The van der Waals surface area contributed by atoms with Gasteiger partial charge in [0.15, 0.2) is 0 Å². The summed E-state index contributed by atoms with van der Waals surface area (Å²) in [4.78, 5) is 0.351. The first-order chi connectivity index (χ1) is 8.39. The zero-order valence-corrected chi connectivity index (χ0v) is 12.3. The molecule has 0 aliphatic heterocycles. The van der Waals surface area contributed by atoms with Gasteiger partial charge in [0, 0.05) is 20.6 Å². The van der Waals surface area contributed by atoms with Crippen molar-refractivity contribution in [2.45, 2.75) is 31.7 Å². The number of aryl methyl sites for hydroxylation is 1. The van der Waals surface area contributed by atoms with Crippen LogP contribution in [0.2, 0.25) is 0 Å². The maximum Gasteiger partial charge on any atom is 0.242 e. The SMILES string of the molecule is CCCNCc1ccc(S(=O)(=O)N(C)C)cc1C. The summed E-state index contributed by atoms with van der Waals surface area (Å²) in [5, 5.41) is 3.31. The molecule has 1 aromatic carbocycles. The van der Waals surface area contributed by atoms with Crippen LogP contribution in [0, 0.1) is 6.92 Å². The van der Waals surface area contributed by atoms with Crippen LogP contribution in [0.5, 0.6) is 0 Å². The maximum atomic E-state index is 12.0. The first-order valence-corrected chi connectivity index (χ1v) is 7.56. The lowest BCUT2D eigenvalue weighted by molar-refractivity contribution is 0.520. The van der Waals surface area contributed by atoms with E-state index in [2.05, 4.69) is 12.2 Å². The highest BCUT2D eigenvalue weighted by Crippen LogP contribution is 2.17. The molecule has 5 heteroatoms. The fourth-order valence-corrected chi connectivity index (χ4v) is 2.63. The van der Waals surface area contributed by atoms with E-state index in [1.807, 2.05) is 13.0 Å². The van der Waals surface area contributed by atoms with E-state index in [9.17, 15) is 8.42 Å². The van der Waals surface area contributed by atoms with Crippen molar-refractivity contribution in [3.8, 4) is 0 Å². The zero-order valence-electron chi connectivity index (χ0n) is 11.5. The van der Waals surface area contributed by atoms with Crippen LogP contribution in [0.3, 0.4) is 0 Å². The lowest BCUT2D eigenvalue weighted by Gasteiger charge is -2.13. The zero-order chi connectivity index (χ0) is 13.8. The molecule has 1 aromatic rings. The minimum Gasteiger partial charge on any atom is -0.313 e. The first kappa shape index (κ1) is 15.1. The standard InChI is InChI=1S/C13H22N2O2S/c1-5-8-14-10-12-6-7-13(9-11(12)2)18(16,17)15(3)4/h6-7,9,14H,5,8,10H2,1-4H3. The topological polar surface area (TPSA) is 49.4 Å². The summed E-state index contributed by atoms with van der Waals surface area (Å²) in [5.74, 6) is 0. The molecule has 0 aliphatic carbocycles. The highest BCUT2D eigenvalue weighted by atomic mass is 32.2. The summed E-state index contributed by atoms with van der Waals surface area (Å²) in [6.45, 7) is 5.81. The Labute approximate surface area is 110 Å². The van der Waals surface area contributed by atoms with Crippen molar-refractivity contribution in [2.24, 2.45) is 0 Å². The smallest absolute Gasteiger partial charge is 0.242 e.